The molecule has 1 aliphatic rings. The highest BCUT2D eigenvalue weighted by molar-refractivity contribution is 7.94. The Morgan fingerprint density at radius 1 is 1.21 bits per heavy atom. The second-order valence-electron chi connectivity index (χ2n) is 8.91. The molecule has 1 aliphatic carbocycles. The Balaban J connectivity index is 1.74. The lowest BCUT2D eigenvalue weighted by Crippen LogP contribution is -2.34. The first kappa shape index (κ1) is 24.2. The summed E-state index contributed by atoms with van der Waals surface area (Å²) < 4.78 is 34.9. The maximum Gasteiger partial charge on any atom is 0.335 e. The van der Waals surface area contributed by atoms with Crippen LogP contribution in [0.5, 0.6) is 5.75 Å². The van der Waals surface area contributed by atoms with E-state index in [2.05, 4.69) is 4.98 Å². The van der Waals surface area contributed by atoms with Crippen LogP contribution in [0.2, 0.25) is 0 Å². The highest BCUT2D eigenvalue weighted by Gasteiger charge is 2.31. The van der Waals surface area contributed by atoms with Crippen LogP contribution >= 0.6 is 11.3 Å². The summed E-state index contributed by atoms with van der Waals surface area (Å²) in [5.41, 5.74) is 4.70. The molecular formula is C25H28N2O5S2. The predicted molar refractivity (Wildman–Crippen MR) is 132 cm³/mol. The fourth-order valence-corrected chi connectivity index (χ4v) is 6.70. The molecule has 180 valence electrons. The number of hydrogen-bond acceptors (Lipinski definition) is 6. The van der Waals surface area contributed by atoms with Crippen LogP contribution in [-0.4, -0.2) is 31.0 Å². The molecule has 0 fully saturated rings. The van der Waals surface area contributed by atoms with E-state index in [1.807, 2.05) is 32.9 Å². The minimum absolute atomic E-state index is 0.0553. The number of sulfonamides is 1. The second kappa shape index (κ2) is 9.76. The number of aromatic nitrogens is 1. The monoisotopic (exact) mass is 500 g/mol. The Morgan fingerprint density at radius 3 is 2.56 bits per heavy atom. The van der Waals surface area contributed by atoms with E-state index in [4.69, 9.17) is 4.74 Å². The smallest absolute Gasteiger partial charge is 0.335 e. The van der Waals surface area contributed by atoms with Gasteiger partial charge >= 0.3 is 5.97 Å². The molecule has 0 saturated carbocycles. The molecule has 0 spiro atoms. The summed E-state index contributed by atoms with van der Waals surface area (Å²) in [5.74, 6) is -0.391. The fourth-order valence-electron chi connectivity index (χ4n) is 4.13. The summed E-state index contributed by atoms with van der Waals surface area (Å²) in [4.78, 5) is 15.3. The van der Waals surface area contributed by atoms with Crippen LogP contribution in [0.4, 0.5) is 5.69 Å². The van der Waals surface area contributed by atoms with Crippen molar-refractivity contribution in [1.82, 2.24) is 4.98 Å². The summed E-state index contributed by atoms with van der Waals surface area (Å²) >= 11 is 1.10. The number of carboxylic acid groups (broad SMARTS) is 1. The molecule has 0 bridgehead atoms. The van der Waals surface area contributed by atoms with Crippen LogP contribution in [0.1, 0.15) is 52.9 Å². The van der Waals surface area contributed by atoms with Gasteiger partial charge in [0.05, 0.1) is 11.3 Å². The summed E-state index contributed by atoms with van der Waals surface area (Å²) in [7, 11) is -3.86. The molecule has 0 aliphatic heterocycles. The number of thiazole rings is 1. The van der Waals surface area contributed by atoms with Crippen LogP contribution in [0.25, 0.3) is 0 Å². The summed E-state index contributed by atoms with van der Waals surface area (Å²) in [6.45, 7) is 6.29. The summed E-state index contributed by atoms with van der Waals surface area (Å²) in [6, 6.07) is 8.82. The Kier molecular flexibility index (Phi) is 6.95. The minimum atomic E-state index is -3.86. The van der Waals surface area contributed by atoms with Crippen LogP contribution in [0, 0.1) is 12.8 Å². The summed E-state index contributed by atoms with van der Waals surface area (Å²) in [5, 5.41) is 10.9. The molecule has 1 heterocycles. The molecule has 7 nitrogen and oxygen atoms in total. The highest BCUT2D eigenvalue weighted by Crippen LogP contribution is 2.39. The molecule has 0 amide bonds. The number of carboxylic acids is 1. The van der Waals surface area contributed by atoms with Crippen molar-refractivity contribution in [2.24, 2.45) is 5.92 Å². The van der Waals surface area contributed by atoms with Crippen molar-refractivity contribution in [3.8, 4) is 5.75 Å². The third kappa shape index (κ3) is 4.95. The van der Waals surface area contributed by atoms with E-state index in [1.54, 1.807) is 23.6 Å². The van der Waals surface area contributed by atoms with Gasteiger partial charge in [0.25, 0.3) is 10.0 Å². The second-order valence-corrected chi connectivity index (χ2v) is 11.8. The Labute approximate surface area is 204 Å². The van der Waals surface area contributed by atoms with Gasteiger partial charge in [-0.3, -0.25) is 4.31 Å². The van der Waals surface area contributed by atoms with Gasteiger partial charge in [0.15, 0.2) is 0 Å². The molecule has 1 aromatic heterocycles. The molecule has 3 aromatic rings. The largest absolute Gasteiger partial charge is 0.487 e. The van der Waals surface area contributed by atoms with Crippen molar-refractivity contribution in [1.29, 1.82) is 0 Å². The Morgan fingerprint density at radius 2 is 1.94 bits per heavy atom. The molecule has 0 radical (unpaired) electrons. The quantitative estimate of drug-likeness (QED) is 0.441. The maximum atomic E-state index is 13.6. The van der Waals surface area contributed by atoms with Crippen molar-refractivity contribution in [3.63, 3.8) is 0 Å². The van der Waals surface area contributed by atoms with Gasteiger partial charge in [0.1, 0.15) is 12.4 Å². The minimum Gasteiger partial charge on any atom is -0.487 e. The van der Waals surface area contributed by atoms with Crippen molar-refractivity contribution in [2.45, 2.75) is 51.0 Å². The number of fused-ring (bicyclic) bond motifs is 1. The number of aryl methyl sites for hydroxylation is 3. The predicted octanol–water partition coefficient (Wildman–Crippen LogP) is 5.07. The van der Waals surface area contributed by atoms with Crippen LogP contribution in [-0.2, 0) is 29.5 Å². The average molecular weight is 501 g/mol. The maximum absolute atomic E-state index is 13.6. The Bertz CT molecular complexity index is 1300. The van der Waals surface area contributed by atoms with Crippen molar-refractivity contribution >= 4 is 33.0 Å². The normalized spacial score (nSPS) is 13.2. The van der Waals surface area contributed by atoms with Gasteiger partial charge in [0, 0.05) is 18.1 Å². The lowest BCUT2D eigenvalue weighted by atomic mass is 10.1. The average Bonchev–Trinajstić information content (AvgIpc) is 3.48. The van der Waals surface area contributed by atoms with E-state index in [-0.39, 0.29) is 22.4 Å². The SMILES string of the molecule is Cc1cc(C(=O)O)ccc1COc1cc2c(cc1N(CC(C)C)S(=O)(=O)c1nccs1)CCC2. The van der Waals surface area contributed by atoms with Crippen molar-refractivity contribution in [3.05, 3.63) is 69.7 Å². The van der Waals surface area contributed by atoms with E-state index in [0.29, 0.717) is 18.0 Å². The van der Waals surface area contributed by atoms with E-state index in [0.717, 1.165) is 47.3 Å². The first-order valence-corrected chi connectivity index (χ1v) is 13.5. The number of nitrogens with zero attached hydrogens (tertiary/aromatic N) is 2. The first-order valence-electron chi connectivity index (χ1n) is 11.2. The van der Waals surface area contributed by atoms with Gasteiger partial charge in [-0.2, -0.15) is 8.42 Å². The lowest BCUT2D eigenvalue weighted by Gasteiger charge is -2.28. The van der Waals surface area contributed by atoms with Crippen molar-refractivity contribution in [2.75, 3.05) is 10.8 Å². The van der Waals surface area contributed by atoms with Crippen molar-refractivity contribution < 1.29 is 23.1 Å². The molecule has 34 heavy (non-hydrogen) atoms. The van der Waals surface area contributed by atoms with Crippen LogP contribution < -0.4 is 9.04 Å². The van der Waals surface area contributed by atoms with E-state index >= 15 is 0 Å². The number of ether oxygens (including phenoxy) is 1. The number of aromatic carboxylic acids is 1. The van der Waals surface area contributed by atoms with Gasteiger partial charge in [-0.05, 0) is 78.6 Å². The van der Waals surface area contributed by atoms with E-state index in [1.165, 1.54) is 16.1 Å². The van der Waals surface area contributed by atoms with Gasteiger partial charge < -0.3 is 9.84 Å². The molecule has 0 unspecified atom stereocenters. The van der Waals surface area contributed by atoms with Crippen LogP contribution in [0.15, 0.2) is 46.2 Å². The molecule has 1 N–H and O–H groups in total. The Hall–Kier alpha value is -2.91. The zero-order valence-electron chi connectivity index (χ0n) is 19.4. The molecule has 0 saturated heterocycles. The standard InChI is InChI=1S/C25H28N2O5S2/c1-16(2)14-27(34(30,31)25-26-9-10-33-25)22-12-18-5-4-6-19(18)13-23(22)32-15-21-8-7-20(24(28)29)11-17(21)3/h7-13,16H,4-6,14-15H2,1-3H3,(H,28,29). The zero-order chi connectivity index (χ0) is 24.5. The number of rotatable bonds is 9. The molecule has 9 heteroatoms. The highest BCUT2D eigenvalue weighted by atomic mass is 32.2. The molecule has 2 aromatic carbocycles. The van der Waals surface area contributed by atoms with Gasteiger partial charge in [-0.1, -0.05) is 19.9 Å². The molecule has 4 rings (SSSR count). The number of anilines is 1. The fraction of sp³-hybridized carbons (Fsp3) is 0.360. The zero-order valence-corrected chi connectivity index (χ0v) is 21.1. The summed E-state index contributed by atoms with van der Waals surface area (Å²) in [6.07, 6.45) is 4.36. The van der Waals surface area contributed by atoms with Crippen LogP contribution in [0.3, 0.4) is 0 Å². The van der Waals surface area contributed by atoms with E-state index < -0.39 is 16.0 Å². The van der Waals surface area contributed by atoms with Gasteiger partial charge in [-0.15, -0.1) is 11.3 Å². The first-order chi connectivity index (χ1) is 16.2. The third-order valence-corrected chi connectivity index (χ3v) is 8.82. The number of carbonyl (C=O) groups is 1. The number of hydrogen-bond donors (Lipinski definition) is 1. The van der Waals surface area contributed by atoms with Gasteiger partial charge in [0.2, 0.25) is 4.34 Å². The molecular weight excluding hydrogens is 472 g/mol. The number of benzene rings is 2. The molecule has 0 atom stereocenters. The third-order valence-electron chi connectivity index (χ3n) is 5.87. The van der Waals surface area contributed by atoms with E-state index in [9.17, 15) is 18.3 Å². The van der Waals surface area contributed by atoms with Gasteiger partial charge in [-0.25, -0.2) is 9.78 Å². The lowest BCUT2D eigenvalue weighted by molar-refractivity contribution is 0.0696. The topological polar surface area (TPSA) is 96.8 Å².